The maximum absolute atomic E-state index is 11.4. The van der Waals surface area contributed by atoms with E-state index in [1.807, 2.05) is 30.7 Å². The van der Waals surface area contributed by atoms with E-state index in [0.717, 1.165) is 23.4 Å². The van der Waals surface area contributed by atoms with Gasteiger partial charge in [-0.2, -0.15) is 4.99 Å². The average Bonchev–Trinajstić information content (AvgIpc) is 3.02. The average molecular weight is 322 g/mol. The molecule has 0 N–H and O–H groups in total. The van der Waals surface area contributed by atoms with Crippen molar-refractivity contribution in [2.75, 3.05) is 0 Å². The van der Waals surface area contributed by atoms with Gasteiger partial charge in [0.25, 0.3) is 0 Å². The molecule has 4 fully saturated rings. The molecule has 4 aliphatic carbocycles. The van der Waals surface area contributed by atoms with E-state index in [-0.39, 0.29) is 11.2 Å². The highest BCUT2D eigenvalue weighted by Crippen LogP contribution is 2.61. The summed E-state index contributed by atoms with van der Waals surface area (Å²) in [4.78, 5) is 15.7. The Bertz CT molecular complexity index is 717. The van der Waals surface area contributed by atoms with Crippen molar-refractivity contribution in [1.82, 2.24) is 4.48 Å². The molecular weight excluding hydrogens is 300 g/mol. The molecule has 0 amide bonds. The number of carbonyl (C=O) groups is 1. The van der Waals surface area contributed by atoms with Gasteiger partial charge in [0.2, 0.25) is 6.34 Å². The molecule has 0 aromatic heterocycles. The minimum absolute atomic E-state index is 0.0663. The largest absolute Gasteiger partial charge is 0.543 e. The first-order valence-corrected chi connectivity index (χ1v) is 9.04. The molecule has 0 radical (unpaired) electrons. The van der Waals surface area contributed by atoms with Crippen LogP contribution < -0.4 is 9.59 Å². The van der Waals surface area contributed by atoms with Crippen LogP contribution in [0.1, 0.15) is 38.5 Å². The maximum Gasteiger partial charge on any atom is 0.201 e. The van der Waals surface area contributed by atoms with Crippen LogP contribution in [-0.2, 0) is 4.79 Å². The summed E-state index contributed by atoms with van der Waals surface area (Å²) in [6.07, 6.45) is 11.3. The van der Waals surface area contributed by atoms with Crippen molar-refractivity contribution < 1.29 is 9.90 Å². The number of carboxylic acid groups (broad SMARTS) is 1. The van der Waals surface area contributed by atoms with Gasteiger partial charge in [0.1, 0.15) is 23.1 Å². The van der Waals surface area contributed by atoms with Gasteiger partial charge in [-0.3, -0.25) is 0 Å². The molecule has 1 atom stereocenters. The second-order valence-corrected chi connectivity index (χ2v) is 8.30. The van der Waals surface area contributed by atoms with Gasteiger partial charge < -0.3 is 9.90 Å². The number of nitrogens with zero attached hydrogens (tertiary/aromatic N) is 2. The Morgan fingerprint density at radius 1 is 1.04 bits per heavy atom. The molecule has 1 aromatic carbocycles. The minimum atomic E-state index is -1.17. The van der Waals surface area contributed by atoms with Crippen molar-refractivity contribution in [3.05, 3.63) is 42.2 Å². The van der Waals surface area contributed by atoms with Crippen LogP contribution in [0.2, 0.25) is 0 Å². The van der Waals surface area contributed by atoms with Gasteiger partial charge in [-0.25, -0.2) is 4.48 Å². The third-order valence-corrected chi connectivity index (χ3v) is 6.89. The van der Waals surface area contributed by atoms with Crippen molar-refractivity contribution in [1.29, 1.82) is 0 Å². The summed E-state index contributed by atoms with van der Waals surface area (Å²) in [5.74, 6) is 1.21. The fourth-order valence-electron chi connectivity index (χ4n) is 6.39. The quantitative estimate of drug-likeness (QED) is 0.803. The zero-order valence-corrected chi connectivity index (χ0v) is 13.7. The summed E-state index contributed by atoms with van der Waals surface area (Å²) in [6.45, 7) is 0. The molecule has 124 valence electrons. The number of rotatable bonds is 3. The van der Waals surface area contributed by atoms with Crippen LogP contribution in [-0.4, -0.2) is 17.8 Å². The number of hydrogen-bond acceptors (Lipinski definition) is 3. The van der Waals surface area contributed by atoms with E-state index >= 15 is 0 Å². The lowest BCUT2D eigenvalue weighted by molar-refractivity contribution is -0.299. The molecule has 0 spiro atoms. The molecule has 4 nitrogen and oxygen atoms in total. The molecule has 4 bridgehead atoms. The summed E-state index contributed by atoms with van der Waals surface area (Å²) in [6, 6.07) is 10.3. The van der Waals surface area contributed by atoms with Crippen LogP contribution in [0, 0.1) is 17.8 Å². The van der Waals surface area contributed by atoms with Crippen molar-refractivity contribution >= 4 is 18.0 Å². The summed E-state index contributed by atoms with van der Waals surface area (Å²) in [5, 5.41) is 11.4. The predicted octanol–water partition coefficient (Wildman–Crippen LogP) is 2.60. The first kappa shape index (κ1) is 14.4. The van der Waals surface area contributed by atoms with Gasteiger partial charge in [0.15, 0.2) is 0 Å². The van der Waals surface area contributed by atoms with Gasteiger partial charge in [-0.1, -0.05) is 18.2 Å². The van der Waals surface area contributed by atoms with Crippen molar-refractivity contribution in [2.45, 2.75) is 44.1 Å². The Hall–Kier alpha value is -1.94. The van der Waals surface area contributed by atoms with Crippen molar-refractivity contribution in [2.24, 2.45) is 22.7 Å². The Kier molecular flexibility index (Phi) is 2.88. The van der Waals surface area contributed by atoms with Crippen LogP contribution in [0.15, 0.2) is 47.2 Å². The molecule has 1 heterocycles. The summed E-state index contributed by atoms with van der Waals surface area (Å²) in [7, 11) is 0. The summed E-state index contributed by atoms with van der Waals surface area (Å²) < 4.78 is 0.473. The predicted molar refractivity (Wildman–Crippen MR) is 90.7 cm³/mol. The zero-order chi connectivity index (χ0) is 16.4. The third kappa shape index (κ3) is 1.83. The lowest BCUT2D eigenvalue weighted by Crippen LogP contribution is -2.68. The molecule has 24 heavy (non-hydrogen) atoms. The highest BCUT2D eigenvalue weighted by Gasteiger charge is 2.62. The number of carbonyl (C=O) groups excluding carboxylic acids is 1. The second kappa shape index (κ2) is 4.79. The van der Waals surface area contributed by atoms with Gasteiger partial charge in [0.05, 0.1) is 5.97 Å². The van der Waals surface area contributed by atoms with Gasteiger partial charge in [-0.05, 0) is 49.1 Å². The molecule has 4 heteroatoms. The topological polar surface area (TPSA) is 52.5 Å². The van der Waals surface area contributed by atoms with Crippen LogP contribution in [0.3, 0.4) is 0 Å². The molecule has 5 aliphatic rings. The standard InChI is InChI=1S/C20H22N2O2/c23-19(24)18-12-22(13-21-18,17-4-2-1-3-5-17)20-9-14-6-15(10-20)8-16(7-14)11-20/h1-5,12-16H,6-11H2. The second-order valence-electron chi connectivity index (χ2n) is 8.30. The molecule has 4 saturated carbocycles. The van der Waals surface area contributed by atoms with E-state index in [1.54, 1.807) is 0 Å². The summed E-state index contributed by atoms with van der Waals surface area (Å²) >= 11 is 0. The van der Waals surface area contributed by atoms with Gasteiger partial charge >= 0.3 is 0 Å². The molecule has 1 unspecified atom stereocenters. The van der Waals surface area contributed by atoms with E-state index in [4.69, 9.17) is 0 Å². The monoisotopic (exact) mass is 322 g/mol. The number of quaternary nitrogens is 1. The van der Waals surface area contributed by atoms with Crippen molar-refractivity contribution in [3.8, 4) is 0 Å². The smallest absolute Gasteiger partial charge is 0.201 e. The maximum atomic E-state index is 11.4. The molecule has 0 saturated heterocycles. The summed E-state index contributed by atoms with van der Waals surface area (Å²) in [5.41, 5.74) is 1.27. The fourth-order valence-corrected chi connectivity index (χ4v) is 6.39. The lowest BCUT2D eigenvalue weighted by Gasteiger charge is -2.60. The number of aliphatic carboxylic acids is 1. The number of aliphatic imine (C=N–C) groups is 1. The highest BCUT2D eigenvalue weighted by molar-refractivity contribution is 5.93. The first-order valence-electron chi connectivity index (χ1n) is 9.04. The normalized spacial score (nSPS) is 42.3. The highest BCUT2D eigenvalue weighted by atomic mass is 16.4. The first-order chi connectivity index (χ1) is 11.6. The number of para-hydroxylation sites is 1. The van der Waals surface area contributed by atoms with Crippen molar-refractivity contribution in [3.63, 3.8) is 0 Å². The van der Waals surface area contributed by atoms with E-state index < -0.39 is 5.97 Å². The van der Waals surface area contributed by atoms with E-state index in [1.165, 1.54) is 38.5 Å². The molecule has 6 rings (SSSR count). The Morgan fingerprint density at radius 3 is 2.12 bits per heavy atom. The minimum Gasteiger partial charge on any atom is -0.543 e. The Morgan fingerprint density at radius 2 is 1.62 bits per heavy atom. The molecule has 1 aromatic rings. The Labute approximate surface area is 142 Å². The van der Waals surface area contributed by atoms with E-state index in [2.05, 4.69) is 17.1 Å². The number of hydrogen-bond donors (Lipinski definition) is 0. The zero-order valence-electron chi connectivity index (χ0n) is 13.7. The van der Waals surface area contributed by atoms with Crippen LogP contribution >= 0.6 is 0 Å². The fraction of sp³-hybridized carbons (Fsp3) is 0.500. The van der Waals surface area contributed by atoms with E-state index in [9.17, 15) is 9.90 Å². The lowest BCUT2D eigenvalue weighted by atomic mass is 9.52. The number of carboxylic acids is 1. The van der Waals surface area contributed by atoms with E-state index in [0.29, 0.717) is 4.48 Å². The van der Waals surface area contributed by atoms with Crippen LogP contribution in [0.5, 0.6) is 0 Å². The SMILES string of the molecule is O=C([O-])C1=C[N+](c2ccccc2)(C23CC4CC(CC(C4)C2)C3)C=N1. The van der Waals surface area contributed by atoms with Crippen LogP contribution in [0.25, 0.3) is 0 Å². The number of benzene rings is 1. The van der Waals surface area contributed by atoms with Gasteiger partial charge in [-0.15, -0.1) is 0 Å². The Balaban J connectivity index is 1.69. The molecular formula is C20H22N2O2. The molecule has 1 aliphatic heterocycles. The van der Waals surface area contributed by atoms with Crippen LogP contribution in [0.4, 0.5) is 5.69 Å². The van der Waals surface area contributed by atoms with Gasteiger partial charge in [0, 0.05) is 19.3 Å². The third-order valence-electron chi connectivity index (χ3n) is 6.89.